The van der Waals surface area contributed by atoms with Crippen LogP contribution in [0.1, 0.15) is 18.1 Å². The van der Waals surface area contributed by atoms with Gasteiger partial charge in [0.2, 0.25) is 0 Å². The molecule has 0 atom stereocenters. The Bertz CT molecular complexity index is 1010. The van der Waals surface area contributed by atoms with E-state index in [2.05, 4.69) is 10.5 Å². The molecule has 0 bridgehead atoms. The highest BCUT2D eigenvalue weighted by atomic mass is 35.5. The van der Waals surface area contributed by atoms with Crippen LogP contribution in [0.2, 0.25) is 5.02 Å². The number of anilines is 1. The summed E-state index contributed by atoms with van der Waals surface area (Å²) in [5, 5.41) is 23.6. The summed E-state index contributed by atoms with van der Waals surface area (Å²) in [5.74, 6) is -1.07. The minimum atomic E-state index is -4.73. The fraction of sp³-hybridized carbons (Fsp3) is 0.222. The number of alkyl halides is 3. The highest BCUT2D eigenvalue weighted by molar-refractivity contribution is 6.32. The molecule has 2 aromatic rings. The minimum absolute atomic E-state index is 0.00871. The molecule has 0 aliphatic carbocycles. The van der Waals surface area contributed by atoms with E-state index in [-0.39, 0.29) is 28.8 Å². The van der Waals surface area contributed by atoms with Crippen molar-refractivity contribution in [2.75, 3.05) is 18.6 Å². The third-order valence-corrected chi connectivity index (χ3v) is 3.87. The summed E-state index contributed by atoms with van der Waals surface area (Å²) in [6, 6.07) is 4.77. The van der Waals surface area contributed by atoms with Gasteiger partial charge in [0.15, 0.2) is 18.1 Å². The number of nitrogens with zero attached hydrogens (tertiary/aromatic N) is 2. The van der Waals surface area contributed by atoms with Crippen LogP contribution in [-0.2, 0) is 11.0 Å². The maximum Gasteiger partial charge on any atom is 0.416 e. The van der Waals surface area contributed by atoms with Gasteiger partial charge in [-0.3, -0.25) is 15.5 Å². The molecule has 0 saturated carbocycles. The topological polar surface area (TPSA) is 123 Å². The second-order valence-electron chi connectivity index (χ2n) is 5.80. The SMILES string of the molecule is CCOc1cc(/C=N\Nc2ccc(C(F)(F)F)cc2[N+](=O)[O-])cc(Cl)c1OCC(=O)O. The van der Waals surface area contributed by atoms with Crippen molar-refractivity contribution in [3.63, 3.8) is 0 Å². The van der Waals surface area contributed by atoms with Crippen LogP contribution in [-0.4, -0.2) is 35.4 Å². The predicted molar refractivity (Wildman–Crippen MR) is 105 cm³/mol. The summed E-state index contributed by atoms with van der Waals surface area (Å²) in [6.45, 7) is 1.25. The van der Waals surface area contributed by atoms with Gasteiger partial charge < -0.3 is 14.6 Å². The van der Waals surface area contributed by atoms with Gasteiger partial charge in [0.1, 0.15) is 5.69 Å². The number of hydrazone groups is 1. The number of nitro groups is 1. The van der Waals surface area contributed by atoms with Gasteiger partial charge in [-0.05, 0) is 36.8 Å². The summed E-state index contributed by atoms with van der Waals surface area (Å²) in [7, 11) is 0. The van der Waals surface area contributed by atoms with Gasteiger partial charge in [-0.15, -0.1) is 0 Å². The Morgan fingerprint density at radius 2 is 2.03 bits per heavy atom. The van der Waals surface area contributed by atoms with Gasteiger partial charge in [0, 0.05) is 6.07 Å². The first-order chi connectivity index (χ1) is 14.5. The van der Waals surface area contributed by atoms with Crippen molar-refractivity contribution < 1.29 is 37.5 Å². The summed E-state index contributed by atoms with van der Waals surface area (Å²) in [4.78, 5) is 20.8. The average Bonchev–Trinajstić information content (AvgIpc) is 2.66. The third kappa shape index (κ3) is 6.47. The molecule has 0 heterocycles. The lowest BCUT2D eigenvalue weighted by Crippen LogP contribution is -2.11. The quantitative estimate of drug-likeness (QED) is 0.318. The van der Waals surface area contributed by atoms with Crippen LogP contribution < -0.4 is 14.9 Å². The first kappa shape index (κ1) is 23.7. The number of nitrogens with one attached hydrogen (secondary N) is 1. The van der Waals surface area contributed by atoms with Crippen LogP contribution in [0.25, 0.3) is 0 Å². The van der Waals surface area contributed by atoms with Crippen molar-refractivity contribution in [3.8, 4) is 11.5 Å². The van der Waals surface area contributed by atoms with Gasteiger partial charge in [-0.1, -0.05) is 11.6 Å². The van der Waals surface area contributed by atoms with E-state index in [9.17, 15) is 28.1 Å². The molecule has 0 radical (unpaired) electrons. The van der Waals surface area contributed by atoms with Crippen LogP contribution in [0.4, 0.5) is 24.5 Å². The van der Waals surface area contributed by atoms with Gasteiger partial charge in [-0.2, -0.15) is 18.3 Å². The number of aliphatic carboxylic acids is 1. The molecule has 0 fully saturated rings. The zero-order valence-corrected chi connectivity index (χ0v) is 16.5. The van der Waals surface area contributed by atoms with E-state index in [4.69, 9.17) is 26.2 Å². The van der Waals surface area contributed by atoms with E-state index < -0.39 is 34.9 Å². The highest BCUT2D eigenvalue weighted by Crippen LogP contribution is 2.37. The summed E-state index contributed by atoms with van der Waals surface area (Å²) >= 11 is 6.10. The maximum atomic E-state index is 12.8. The summed E-state index contributed by atoms with van der Waals surface area (Å²) in [5.41, 5.74) is 0.427. The molecular weight excluding hydrogens is 447 g/mol. The lowest BCUT2D eigenvalue weighted by Gasteiger charge is -2.13. The summed E-state index contributed by atoms with van der Waals surface area (Å²) in [6.07, 6.45) is -3.54. The molecule has 2 aromatic carbocycles. The molecule has 13 heteroatoms. The third-order valence-electron chi connectivity index (χ3n) is 3.59. The molecule has 166 valence electrons. The molecule has 2 rings (SSSR count). The smallest absolute Gasteiger partial charge is 0.416 e. The van der Waals surface area contributed by atoms with Crippen molar-refractivity contribution in [1.29, 1.82) is 0 Å². The number of halogens is 4. The molecule has 0 aliphatic rings. The number of carbonyl (C=O) groups is 1. The number of ether oxygens (including phenoxy) is 2. The molecule has 0 saturated heterocycles. The van der Waals surface area contributed by atoms with E-state index in [1.165, 1.54) is 18.3 Å². The Morgan fingerprint density at radius 1 is 1.32 bits per heavy atom. The molecule has 0 aromatic heterocycles. The molecule has 0 spiro atoms. The van der Waals surface area contributed by atoms with Gasteiger partial charge >= 0.3 is 12.1 Å². The Hall–Kier alpha value is -3.54. The number of rotatable bonds is 9. The number of hydrogen-bond donors (Lipinski definition) is 2. The Balaban J connectivity index is 2.28. The minimum Gasteiger partial charge on any atom is -0.490 e. The first-order valence-electron chi connectivity index (χ1n) is 8.48. The Labute approximate surface area is 178 Å². The van der Waals surface area contributed by atoms with Crippen molar-refractivity contribution in [2.45, 2.75) is 13.1 Å². The molecule has 0 unspecified atom stereocenters. The first-order valence-corrected chi connectivity index (χ1v) is 8.86. The van der Waals surface area contributed by atoms with Crippen molar-refractivity contribution >= 4 is 35.2 Å². The van der Waals surface area contributed by atoms with Crippen LogP contribution in [0.15, 0.2) is 35.4 Å². The van der Waals surface area contributed by atoms with Crippen molar-refractivity contribution in [2.24, 2.45) is 5.10 Å². The fourth-order valence-electron chi connectivity index (χ4n) is 2.33. The van der Waals surface area contributed by atoms with E-state index in [0.29, 0.717) is 17.7 Å². The highest BCUT2D eigenvalue weighted by Gasteiger charge is 2.33. The van der Waals surface area contributed by atoms with E-state index in [1.54, 1.807) is 6.92 Å². The molecular formula is C18H15ClF3N3O6. The molecule has 31 heavy (non-hydrogen) atoms. The van der Waals surface area contributed by atoms with E-state index in [0.717, 1.165) is 6.07 Å². The van der Waals surface area contributed by atoms with Gasteiger partial charge in [0.05, 0.1) is 28.3 Å². The number of hydrogen-bond acceptors (Lipinski definition) is 7. The maximum absolute atomic E-state index is 12.8. The number of carboxylic acids is 1. The van der Waals surface area contributed by atoms with E-state index >= 15 is 0 Å². The summed E-state index contributed by atoms with van der Waals surface area (Å²) < 4.78 is 48.8. The zero-order valence-electron chi connectivity index (χ0n) is 15.8. The van der Waals surface area contributed by atoms with Crippen molar-refractivity contribution in [3.05, 3.63) is 56.6 Å². The molecule has 2 N–H and O–H groups in total. The van der Waals surface area contributed by atoms with Gasteiger partial charge in [0.25, 0.3) is 5.69 Å². The molecule has 0 amide bonds. The standard InChI is InChI=1S/C18H15ClF3N3O6/c1-2-30-15-6-10(5-12(19)17(15)31-9-16(26)27)8-23-24-13-4-3-11(18(20,21)22)7-14(13)25(28)29/h3-8,24H,2,9H2,1H3,(H,26,27)/b23-8-. The monoisotopic (exact) mass is 461 g/mol. The number of nitro benzene ring substituents is 1. The Morgan fingerprint density at radius 3 is 2.61 bits per heavy atom. The fourth-order valence-corrected chi connectivity index (χ4v) is 2.60. The lowest BCUT2D eigenvalue weighted by atomic mass is 10.1. The van der Waals surface area contributed by atoms with Crippen LogP contribution in [0.3, 0.4) is 0 Å². The largest absolute Gasteiger partial charge is 0.490 e. The van der Waals surface area contributed by atoms with Crippen molar-refractivity contribution in [1.82, 2.24) is 0 Å². The predicted octanol–water partition coefficient (Wildman–Crippen LogP) is 4.58. The van der Waals surface area contributed by atoms with E-state index in [1.807, 2.05) is 0 Å². The molecule has 0 aliphatic heterocycles. The second kappa shape index (κ2) is 9.98. The number of benzene rings is 2. The lowest BCUT2D eigenvalue weighted by molar-refractivity contribution is -0.384. The second-order valence-corrected chi connectivity index (χ2v) is 6.21. The van der Waals surface area contributed by atoms with Crippen LogP contribution >= 0.6 is 11.6 Å². The van der Waals surface area contributed by atoms with Gasteiger partial charge in [-0.25, -0.2) is 4.79 Å². The Kier molecular flexibility index (Phi) is 7.64. The number of carboxylic acid groups (broad SMARTS) is 1. The van der Waals surface area contributed by atoms with Crippen LogP contribution in [0.5, 0.6) is 11.5 Å². The average molecular weight is 462 g/mol. The van der Waals surface area contributed by atoms with Crippen LogP contribution in [0, 0.1) is 10.1 Å². The zero-order chi connectivity index (χ0) is 23.2. The molecule has 9 nitrogen and oxygen atoms in total. The normalized spacial score (nSPS) is 11.4.